The van der Waals surface area contributed by atoms with Crippen LogP contribution < -0.4 is 4.90 Å². The van der Waals surface area contributed by atoms with Crippen molar-refractivity contribution < 1.29 is 0 Å². The molecule has 0 atom stereocenters. The zero-order valence-corrected chi connectivity index (χ0v) is 31.0. The maximum atomic E-state index is 2.59. The van der Waals surface area contributed by atoms with Gasteiger partial charge in [0.05, 0.1) is 27.8 Å². The van der Waals surface area contributed by atoms with Crippen LogP contribution in [0.3, 0.4) is 0 Å². The first-order valence-electron chi connectivity index (χ1n) is 19.9. The third kappa shape index (κ3) is 3.89. The number of aromatic nitrogens is 1. The molecule has 11 aromatic rings. The largest absolute Gasteiger partial charge is 0.310 e. The highest BCUT2D eigenvalue weighted by molar-refractivity contribution is 6.29. The number of nitrogens with zero attached hydrogens (tertiary/aromatic N) is 2. The van der Waals surface area contributed by atoms with Crippen LogP contribution in [-0.4, -0.2) is 4.57 Å². The van der Waals surface area contributed by atoms with E-state index in [1.54, 1.807) is 0 Å². The van der Waals surface area contributed by atoms with E-state index in [0.717, 1.165) is 17.1 Å². The Hall–Kier alpha value is -7.42. The molecule has 1 spiro atoms. The molecule has 0 radical (unpaired) electrons. The molecule has 1 aromatic heterocycles. The van der Waals surface area contributed by atoms with Crippen LogP contribution in [0.25, 0.3) is 70.9 Å². The van der Waals surface area contributed by atoms with Crippen LogP contribution >= 0.6 is 0 Å². The molecule has 0 aliphatic heterocycles. The molecule has 0 bridgehead atoms. The van der Waals surface area contributed by atoms with Gasteiger partial charge in [0, 0.05) is 32.9 Å². The van der Waals surface area contributed by atoms with Gasteiger partial charge in [-0.25, -0.2) is 0 Å². The van der Waals surface area contributed by atoms with E-state index in [-0.39, 0.29) is 0 Å². The highest BCUT2D eigenvalue weighted by Crippen LogP contribution is 2.63. The molecule has 13 rings (SSSR count). The first-order chi connectivity index (χ1) is 28.3. The minimum atomic E-state index is -0.507. The lowest BCUT2D eigenvalue weighted by Crippen LogP contribution is -2.30. The van der Waals surface area contributed by atoms with Crippen molar-refractivity contribution in [1.29, 1.82) is 0 Å². The molecule has 0 saturated carbocycles. The van der Waals surface area contributed by atoms with Crippen molar-refractivity contribution in [3.63, 3.8) is 0 Å². The minimum Gasteiger partial charge on any atom is -0.310 e. The number of benzene rings is 10. The molecule has 0 amide bonds. The van der Waals surface area contributed by atoms with Gasteiger partial charge in [0.2, 0.25) is 0 Å². The molecule has 0 unspecified atom stereocenters. The number of hydrogen-bond donors (Lipinski definition) is 0. The first kappa shape index (κ1) is 30.9. The van der Waals surface area contributed by atoms with E-state index in [1.807, 2.05) is 0 Å². The van der Waals surface area contributed by atoms with Crippen molar-refractivity contribution in [3.05, 3.63) is 229 Å². The summed E-state index contributed by atoms with van der Waals surface area (Å²) < 4.78 is 2.59. The van der Waals surface area contributed by atoms with Crippen LogP contribution in [0, 0.1) is 0 Å². The average Bonchev–Trinajstić information content (AvgIpc) is 3.77. The number of para-hydroxylation sites is 2. The van der Waals surface area contributed by atoms with E-state index in [4.69, 9.17) is 0 Å². The smallest absolute Gasteiger partial charge is 0.0726 e. The molecule has 0 fully saturated rings. The summed E-state index contributed by atoms with van der Waals surface area (Å²) in [6.07, 6.45) is 0. The molecule has 2 heteroatoms. The molecule has 2 aliphatic rings. The normalized spacial score (nSPS) is 13.4. The van der Waals surface area contributed by atoms with E-state index in [2.05, 4.69) is 216 Å². The summed E-state index contributed by atoms with van der Waals surface area (Å²) >= 11 is 0. The number of fused-ring (bicyclic) bond motifs is 10. The topological polar surface area (TPSA) is 8.17 Å². The van der Waals surface area contributed by atoms with Crippen molar-refractivity contribution in [2.24, 2.45) is 0 Å². The quantitative estimate of drug-likeness (QED) is 0.164. The van der Waals surface area contributed by atoms with Gasteiger partial charge < -0.3 is 9.47 Å². The van der Waals surface area contributed by atoms with E-state index in [9.17, 15) is 0 Å². The van der Waals surface area contributed by atoms with Gasteiger partial charge >= 0.3 is 0 Å². The Bertz CT molecular complexity index is 3380. The Labute approximate surface area is 330 Å². The second-order valence-electron chi connectivity index (χ2n) is 15.6. The molecule has 2 aliphatic carbocycles. The third-order valence-electron chi connectivity index (χ3n) is 12.9. The van der Waals surface area contributed by atoms with Gasteiger partial charge in [0.25, 0.3) is 0 Å². The lowest BCUT2D eigenvalue weighted by molar-refractivity contribution is 0.783. The molecular weight excluding hydrogens is 689 g/mol. The van der Waals surface area contributed by atoms with Crippen molar-refractivity contribution in [2.75, 3.05) is 4.90 Å². The minimum absolute atomic E-state index is 0.507. The van der Waals surface area contributed by atoms with Gasteiger partial charge in [0.15, 0.2) is 0 Å². The number of rotatable bonds is 4. The maximum absolute atomic E-state index is 2.59. The SMILES string of the molecule is c1ccc(N(c2ccccc2)c2cc3c4c5c(cccc25)C2(c5ccccc5-c5ccccc52)c2cccc(c24)n3-c2cc3ccccc3c3ccccc23)cc1. The summed E-state index contributed by atoms with van der Waals surface area (Å²) in [6.45, 7) is 0. The summed E-state index contributed by atoms with van der Waals surface area (Å²) in [7, 11) is 0. The van der Waals surface area contributed by atoms with Gasteiger partial charge in [-0.15, -0.1) is 0 Å². The van der Waals surface area contributed by atoms with Crippen molar-refractivity contribution in [3.8, 4) is 16.8 Å². The van der Waals surface area contributed by atoms with Crippen molar-refractivity contribution in [1.82, 2.24) is 4.57 Å². The number of anilines is 3. The fourth-order valence-electron chi connectivity index (χ4n) is 10.8. The van der Waals surface area contributed by atoms with E-state index < -0.39 is 5.41 Å². The van der Waals surface area contributed by atoms with Crippen LogP contribution in [0.1, 0.15) is 22.3 Å². The molecular formula is C55H34N2. The Morgan fingerprint density at radius 3 is 1.58 bits per heavy atom. The van der Waals surface area contributed by atoms with Crippen LogP contribution in [0.5, 0.6) is 0 Å². The molecule has 0 saturated heterocycles. The second-order valence-corrected chi connectivity index (χ2v) is 15.6. The second kappa shape index (κ2) is 11.3. The molecule has 10 aromatic carbocycles. The van der Waals surface area contributed by atoms with Gasteiger partial charge in [-0.2, -0.15) is 0 Å². The average molecular weight is 723 g/mol. The summed E-state index contributed by atoms with van der Waals surface area (Å²) in [5.74, 6) is 0. The summed E-state index contributed by atoms with van der Waals surface area (Å²) in [4.78, 5) is 2.46. The fraction of sp³-hybridized carbons (Fsp3) is 0.0182. The lowest BCUT2D eigenvalue weighted by atomic mass is 9.63. The van der Waals surface area contributed by atoms with Gasteiger partial charge in [-0.1, -0.05) is 164 Å². The van der Waals surface area contributed by atoms with Crippen LogP contribution in [0.2, 0.25) is 0 Å². The Balaban J connectivity index is 1.29. The van der Waals surface area contributed by atoms with E-state index >= 15 is 0 Å². The zero-order chi connectivity index (χ0) is 37.2. The van der Waals surface area contributed by atoms with Gasteiger partial charge in [-0.3, -0.25) is 0 Å². The van der Waals surface area contributed by atoms with Gasteiger partial charge in [0.1, 0.15) is 0 Å². The van der Waals surface area contributed by atoms with E-state index in [1.165, 1.54) is 93.2 Å². The number of hydrogen-bond acceptors (Lipinski definition) is 1. The fourth-order valence-corrected chi connectivity index (χ4v) is 10.8. The predicted molar refractivity (Wildman–Crippen MR) is 239 cm³/mol. The summed E-state index contributed by atoms with van der Waals surface area (Å²) in [6, 6.07) is 76.8. The summed E-state index contributed by atoms with van der Waals surface area (Å²) in [5.41, 5.74) is 14.5. The highest BCUT2D eigenvalue weighted by atomic mass is 15.1. The van der Waals surface area contributed by atoms with Gasteiger partial charge in [-0.05, 0) is 97.4 Å². The van der Waals surface area contributed by atoms with Crippen molar-refractivity contribution in [2.45, 2.75) is 5.41 Å². The zero-order valence-electron chi connectivity index (χ0n) is 31.0. The molecule has 264 valence electrons. The molecule has 0 N–H and O–H groups in total. The monoisotopic (exact) mass is 722 g/mol. The van der Waals surface area contributed by atoms with Crippen LogP contribution in [-0.2, 0) is 5.41 Å². The van der Waals surface area contributed by atoms with Crippen LogP contribution in [0.4, 0.5) is 17.1 Å². The Kier molecular flexibility index (Phi) is 6.13. The van der Waals surface area contributed by atoms with E-state index in [0.29, 0.717) is 0 Å². The predicted octanol–water partition coefficient (Wildman–Crippen LogP) is 14.4. The maximum Gasteiger partial charge on any atom is 0.0726 e. The Morgan fingerprint density at radius 1 is 0.351 bits per heavy atom. The Morgan fingerprint density at radius 2 is 0.877 bits per heavy atom. The lowest BCUT2D eigenvalue weighted by Gasteiger charge is -2.38. The molecule has 1 heterocycles. The highest BCUT2D eigenvalue weighted by Gasteiger charge is 2.50. The third-order valence-corrected chi connectivity index (χ3v) is 12.9. The summed E-state index contributed by atoms with van der Waals surface area (Å²) in [5, 5.41) is 10.2. The first-order valence-corrected chi connectivity index (χ1v) is 19.9. The standard InChI is InChI=1S/C55H34N2/c1-3-18-36(19-4-1)56(37-20-5-2-6-21-37)50-34-51-54-52-43(50)27-15-30-46(52)55(44-28-13-11-24-40(44)41-25-12-14-29-45(41)55)47-31-16-32-48(53(47)54)57(51)49-33-35-17-7-8-22-38(35)39-23-9-10-26-42(39)49/h1-34H. The molecule has 57 heavy (non-hydrogen) atoms. The molecule has 2 nitrogen and oxygen atoms in total. The van der Waals surface area contributed by atoms with Crippen LogP contribution in [0.15, 0.2) is 206 Å². The van der Waals surface area contributed by atoms with Crippen molar-refractivity contribution >= 4 is 71.2 Å².